The van der Waals surface area contributed by atoms with Crippen LogP contribution in [0.25, 0.3) is 0 Å². The molecule has 0 heterocycles. The third-order valence-corrected chi connectivity index (χ3v) is 8.89. The van der Waals surface area contributed by atoms with Crippen molar-refractivity contribution < 1.29 is 30.3 Å². The first-order chi connectivity index (χ1) is 11.9. The molecule has 0 saturated heterocycles. The second-order valence-electron chi connectivity index (χ2n) is 10.2. The Morgan fingerprint density at radius 2 is 1.73 bits per heavy atom. The van der Waals surface area contributed by atoms with Crippen molar-refractivity contribution in [1.29, 1.82) is 0 Å². The van der Waals surface area contributed by atoms with E-state index in [1.165, 1.54) is 0 Å². The van der Waals surface area contributed by atoms with E-state index < -0.39 is 40.2 Å². The van der Waals surface area contributed by atoms with Gasteiger partial charge in [0.1, 0.15) is 11.2 Å². The maximum Gasteiger partial charge on any atom is 0.167 e. The molecule has 148 valence electrons. The highest BCUT2D eigenvalue weighted by Gasteiger charge is 2.84. The van der Waals surface area contributed by atoms with Gasteiger partial charge in [-0.25, -0.2) is 0 Å². The highest BCUT2D eigenvalue weighted by Crippen LogP contribution is 2.75. The SMILES string of the molecule is C[C@@H]1C[C@@H]2[C@]3(O)[C@H](C)[C@@H](O)[C@@]4(O)[C@H]([C@H]3C[C@@H](CO)C[C@]2(O)C1=O)C4(C)C. The van der Waals surface area contributed by atoms with Crippen molar-refractivity contribution in [3.63, 3.8) is 0 Å². The second kappa shape index (κ2) is 5.09. The van der Waals surface area contributed by atoms with E-state index in [-0.39, 0.29) is 42.5 Å². The van der Waals surface area contributed by atoms with Gasteiger partial charge in [0.2, 0.25) is 0 Å². The van der Waals surface area contributed by atoms with Gasteiger partial charge in [-0.05, 0) is 31.1 Å². The fourth-order valence-corrected chi connectivity index (χ4v) is 7.42. The first kappa shape index (κ1) is 18.8. The molecule has 26 heavy (non-hydrogen) atoms. The quantitative estimate of drug-likeness (QED) is 0.448. The van der Waals surface area contributed by atoms with Crippen molar-refractivity contribution in [3.8, 4) is 0 Å². The fraction of sp³-hybridized carbons (Fsp3) is 0.950. The normalized spacial score (nSPS) is 60.7. The average molecular weight is 368 g/mol. The van der Waals surface area contributed by atoms with Gasteiger partial charge in [-0.1, -0.05) is 27.7 Å². The molecule has 4 rings (SSSR count). The third-order valence-electron chi connectivity index (χ3n) is 8.89. The lowest BCUT2D eigenvalue weighted by Gasteiger charge is -2.52. The number of carbonyl (C=O) groups is 1. The summed E-state index contributed by atoms with van der Waals surface area (Å²) in [7, 11) is 0. The maximum absolute atomic E-state index is 12.8. The van der Waals surface area contributed by atoms with Crippen LogP contribution in [-0.4, -0.2) is 60.8 Å². The first-order valence-corrected chi connectivity index (χ1v) is 9.88. The summed E-state index contributed by atoms with van der Waals surface area (Å²) < 4.78 is 0. The number of Topliss-reactive ketones (excluding diaryl/α,β-unsaturated/α-hetero) is 1. The lowest BCUT2D eigenvalue weighted by Crippen LogP contribution is -2.64. The Kier molecular flexibility index (Phi) is 3.68. The molecule has 0 aromatic heterocycles. The second-order valence-corrected chi connectivity index (χ2v) is 10.2. The fourth-order valence-electron chi connectivity index (χ4n) is 7.42. The topological polar surface area (TPSA) is 118 Å². The van der Waals surface area contributed by atoms with Crippen LogP contribution in [0, 0.1) is 40.9 Å². The molecule has 6 heteroatoms. The lowest BCUT2D eigenvalue weighted by atomic mass is 9.58. The van der Waals surface area contributed by atoms with Crippen LogP contribution in [0.3, 0.4) is 0 Å². The lowest BCUT2D eigenvalue weighted by molar-refractivity contribution is -0.223. The number of aliphatic hydroxyl groups excluding tert-OH is 2. The summed E-state index contributed by atoms with van der Waals surface area (Å²) in [6.07, 6.45) is -0.195. The van der Waals surface area contributed by atoms with Gasteiger partial charge in [0.05, 0.1) is 11.7 Å². The molecule has 4 fully saturated rings. The van der Waals surface area contributed by atoms with Crippen molar-refractivity contribution >= 4 is 5.78 Å². The van der Waals surface area contributed by atoms with Gasteiger partial charge in [-0.3, -0.25) is 4.79 Å². The summed E-state index contributed by atoms with van der Waals surface area (Å²) >= 11 is 0. The van der Waals surface area contributed by atoms with Gasteiger partial charge < -0.3 is 25.5 Å². The van der Waals surface area contributed by atoms with Gasteiger partial charge >= 0.3 is 0 Å². The zero-order chi connectivity index (χ0) is 19.4. The predicted molar refractivity (Wildman–Crippen MR) is 92.9 cm³/mol. The van der Waals surface area contributed by atoms with Crippen LogP contribution in [-0.2, 0) is 4.79 Å². The van der Waals surface area contributed by atoms with E-state index in [0.29, 0.717) is 12.8 Å². The summed E-state index contributed by atoms with van der Waals surface area (Å²) in [5.74, 6) is -3.04. The van der Waals surface area contributed by atoms with Crippen LogP contribution in [0.1, 0.15) is 47.0 Å². The van der Waals surface area contributed by atoms with E-state index in [1.807, 2.05) is 13.8 Å². The summed E-state index contributed by atoms with van der Waals surface area (Å²) in [6, 6.07) is 0. The van der Waals surface area contributed by atoms with Crippen molar-refractivity contribution in [1.82, 2.24) is 0 Å². The maximum atomic E-state index is 12.8. The minimum absolute atomic E-state index is 0.130. The minimum Gasteiger partial charge on any atom is -0.396 e. The highest BCUT2D eigenvalue weighted by atomic mass is 16.4. The summed E-state index contributed by atoms with van der Waals surface area (Å²) in [5, 5.41) is 55.3. The Balaban J connectivity index is 1.89. The smallest absolute Gasteiger partial charge is 0.167 e. The monoisotopic (exact) mass is 368 g/mol. The van der Waals surface area contributed by atoms with Crippen LogP contribution in [0.4, 0.5) is 0 Å². The van der Waals surface area contributed by atoms with Crippen molar-refractivity contribution in [2.75, 3.05) is 6.61 Å². The molecule has 4 aliphatic rings. The van der Waals surface area contributed by atoms with E-state index >= 15 is 0 Å². The largest absolute Gasteiger partial charge is 0.396 e. The van der Waals surface area contributed by atoms with Crippen molar-refractivity contribution in [2.24, 2.45) is 40.9 Å². The molecule has 0 unspecified atom stereocenters. The van der Waals surface area contributed by atoms with E-state index in [0.717, 1.165) is 0 Å². The molecular formula is C20H32O6. The van der Waals surface area contributed by atoms with Crippen LogP contribution >= 0.6 is 0 Å². The van der Waals surface area contributed by atoms with Gasteiger partial charge in [-0.15, -0.1) is 0 Å². The molecule has 0 bridgehead atoms. The molecule has 0 spiro atoms. The molecule has 6 nitrogen and oxygen atoms in total. The van der Waals surface area contributed by atoms with Gasteiger partial charge in [0.25, 0.3) is 0 Å². The number of aliphatic hydroxyl groups is 5. The predicted octanol–water partition coefficient (Wildman–Crippen LogP) is 0.0899. The zero-order valence-corrected chi connectivity index (χ0v) is 16.0. The molecule has 4 saturated carbocycles. The van der Waals surface area contributed by atoms with Gasteiger partial charge in [0, 0.05) is 35.7 Å². The molecule has 10 atom stereocenters. The summed E-state index contributed by atoms with van der Waals surface area (Å²) in [6.45, 7) is 7.10. The number of carbonyl (C=O) groups excluding carboxylic acids is 1. The van der Waals surface area contributed by atoms with Crippen LogP contribution in [0.2, 0.25) is 0 Å². The third kappa shape index (κ3) is 1.79. The standard InChI is InChI=1S/C20H32O6/c1-9-5-13-18(24,15(9)22)7-11(8-21)6-12-14-17(3,4)20(14,26)16(23)10(2)19(12,13)25/h9-14,16,21,23-26H,5-8H2,1-4H3/t9-,10-,11-,12-,13+,14-,16-,18-,19+,20+/m1/s1. The van der Waals surface area contributed by atoms with Gasteiger partial charge in [0.15, 0.2) is 5.78 Å². The molecular weight excluding hydrogens is 336 g/mol. The number of hydrogen-bond acceptors (Lipinski definition) is 6. The van der Waals surface area contributed by atoms with Crippen LogP contribution in [0.15, 0.2) is 0 Å². The Hall–Kier alpha value is -0.530. The zero-order valence-electron chi connectivity index (χ0n) is 16.0. The molecule has 0 aromatic rings. The first-order valence-electron chi connectivity index (χ1n) is 9.88. The molecule has 0 amide bonds. The number of rotatable bonds is 1. The van der Waals surface area contributed by atoms with E-state index in [1.54, 1.807) is 13.8 Å². The van der Waals surface area contributed by atoms with E-state index in [9.17, 15) is 30.3 Å². The molecule has 4 aliphatic carbocycles. The van der Waals surface area contributed by atoms with Crippen molar-refractivity contribution in [3.05, 3.63) is 0 Å². The number of fused-ring (bicyclic) bond motifs is 5. The molecule has 0 aliphatic heterocycles. The summed E-state index contributed by atoms with van der Waals surface area (Å²) in [5.41, 5.74) is -4.98. The van der Waals surface area contributed by atoms with Crippen LogP contribution < -0.4 is 0 Å². The minimum atomic E-state index is -1.68. The van der Waals surface area contributed by atoms with Crippen LogP contribution in [0.5, 0.6) is 0 Å². The molecule has 5 N–H and O–H groups in total. The van der Waals surface area contributed by atoms with E-state index in [4.69, 9.17) is 0 Å². The molecule has 0 aromatic carbocycles. The Morgan fingerprint density at radius 1 is 1.12 bits per heavy atom. The Morgan fingerprint density at radius 3 is 2.31 bits per heavy atom. The van der Waals surface area contributed by atoms with E-state index in [2.05, 4.69) is 0 Å². The molecule has 0 radical (unpaired) electrons. The Labute approximate surface area is 154 Å². The number of ketones is 1. The number of hydrogen-bond donors (Lipinski definition) is 5. The highest BCUT2D eigenvalue weighted by molar-refractivity contribution is 5.92. The van der Waals surface area contributed by atoms with Gasteiger partial charge in [-0.2, -0.15) is 0 Å². The average Bonchev–Trinajstić information content (AvgIpc) is 2.97. The summed E-state index contributed by atoms with van der Waals surface area (Å²) in [4.78, 5) is 12.8. The van der Waals surface area contributed by atoms with Crippen molar-refractivity contribution in [2.45, 2.75) is 69.9 Å². The Bertz CT molecular complexity index is 648.